The van der Waals surface area contributed by atoms with Crippen LogP contribution in [0.1, 0.15) is 0 Å². The summed E-state index contributed by atoms with van der Waals surface area (Å²) in [4.78, 5) is 1.30. The summed E-state index contributed by atoms with van der Waals surface area (Å²) in [6.45, 7) is 0. The molecule has 12 heteroatoms. The molecule has 30 heavy (non-hydrogen) atoms. The van der Waals surface area contributed by atoms with Gasteiger partial charge in [-0.05, 0) is 24.3 Å². The van der Waals surface area contributed by atoms with E-state index in [1.54, 1.807) is 9.03 Å². The van der Waals surface area contributed by atoms with E-state index in [1.807, 2.05) is 48.5 Å². The summed E-state index contributed by atoms with van der Waals surface area (Å²) in [7, 11) is 0. The summed E-state index contributed by atoms with van der Waals surface area (Å²) in [5.41, 5.74) is 1.53. The van der Waals surface area contributed by atoms with Gasteiger partial charge < -0.3 is 0 Å². The van der Waals surface area contributed by atoms with Gasteiger partial charge in [-0.3, -0.25) is 0 Å². The Morgan fingerprint density at radius 2 is 1.03 bits per heavy atom. The lowest BCUT2D eigenvalue weighted by molar-refractivity contribution is 0.944. The second-order valence-electron chi connectivity index (χ2n) is 6.21. The molecule has 0 saturated carbocycles. The topological polar surface area (TPSA) is 86.2 Å². The molecule has 0 N–H and O–H groups in total. The molecule has 0 fully saturated rings. The zero-order chi connectivity index (χ0) is 20.2. The van der Waals surface area contributed by atoms with Gasteiger partial charge in [0.1, 0.15) is 0 Å². The quantitative estimate of drug-likeness (QED) is 0.361. The van der Waals surface area contributed by atoms with Gasteiger partial charge in [-0.2, -0.15) is 9.03 Å². The van der Waals surface area contributed by atoms with Gasteiger partial charge in [0.2, 0.25) is 9.92 Å². The average Bonchev–Trinajstić information content (AvgIpc) is 3.49. The normalized spacial score (nSPS) is 11.7. The van der Waals surface area contributed by atoms with Crippen molar-refractivity contribution in [3.8, 4) is 32.8 Å². The highest BCUT2D eigenvalue weighted by Gasteiger charge is 2.21. The Hall–Kier alpha value is -2.92. The summed E-state index contributed by atoms with van der Waals surface area (Å²) in [5, 5.41) is 28.9. The maximum absolute atomic E-state index is 6.32. The average molecular weight is 471 g/mol. The van der Waals surface area contributed by atoms with Crippen LogP contribution in [0.3, 0.4) is 0 Å². The third kappa shape index (κ3) is 2.72. The number of hydrogen-bond donors (Lipinski definition) is 0. The van der Waals surface area contributed by atoms with Gasteiger partial charge in [-0.1, -0.05) is 70.1 Å². The predicted octanol–water partition coefficient (Wildman–Crippen LogP) is 4.99. The molecule has 0 saturated heterocycles. The molecule has 4 aromatic heterocycles. The first-order chi connectivity index (χ1) is 14.7. The van der Waals surface area contributed by atoms with Gasteiger partial charge in [-0.25, -0.2) is 0 Å². The summed E-state index contributed by atoms with van der Waals surface area (Å²) in [6.07, 6.45) is 0. The Morgan fingerprint density at radius 3 is 1.47 bits per heavy atom. The number of nitrogens with zero attached hydrogens (tertiary/aromatic N) is 8. The van der Waals surface area contributed by atoms with E-state index in [1.165, 1.54) is 22.7 Å². The Labute approximate surface area is 186 Å². The minimum absolute atomic E-state index is 0.581. The molecule has 0 aliphatic carbocycles. The lowest BCUT2D eigenvalue weighted by Gasteiger charge is -1.99. The van der Waals surface area contributed by atoms with E-state index in [0.29, 0.717) is 41.6 Å². The first-order valence-corrected chi connectivity index (χ1v) is 11.0. The van der Waals surface area contributed by atoms with Crippen LogP contribution < -0.4 is 0 Å². The van der Waals surface area contributed by atoms with E-state index in [0.717, 1.165) is 11.1 Å². The SMILES string of the molecule is Clc1ccccc1-c1nnc2sc(-c3nn4c(-c5ccccc5Cl)nnc4s3)nn12. The third-order valence-electron chi connectivity index (χ3n) is 4.39. The van der Waals surface area contributed by atoms with E-state index >= 15 is 0 Å². The number of aromatic nitrogens is 8. The molecule has 0 aliphatic rings. The number of hydrogen-bond acceptors (Lipinski definition) is 8. The van der Waals surface area contributed by atoms with Crippen LogP contribution in [0.2, 0.25) is 10.0 Å². The third-order valence-corrected chi connectivity index (χ3v) is 6.99. The smallest absolute Gasteiger partial charge is 0.182 e. The van der Waals surface area contributed by atoms with Crippen molar-refractivity contribution >= 4 is 55.8 Å². The first kappa shape index (κ1) is 17.9. The number of fused-ring (bicyclic) bond motifs is 2. The van der Waals surface area contributed by atoms with Crippen LogP contribution in [0.5, 0.6) is 0 Å². The number of rotatable bonds is 3. The van der Waals surface area contributed by atoms with Crippen LogP contribution in [-0.2, 0) is 0 Å². The van der Waals surface area contributed by atoms with E-state index in [-0.39, 0.29) is 0 Å². The molecule has 0 unspecified atom stereocenters. The highest BCUT2D eigenvalue weighted by molar-refractivity contribution is 7.26. The maximum atomic E-state index is 6.32. The fourth-order valence-electron chi connectivity index (χ4n) is 3.03. The number of halogens is 2. The van der Waals surface area contributed by atoms with E-state index < -0.39 is 0 Å². The Bertz CT molecular complexity index is 1430. The molecule has 0 spiro atoms. The van der Waals surface area contributed by atoms with Gasteiger partial charge in [0.05, 0.1) is 10.0 Å². The molecular formula is C18H8Cl2N8S2. The molecule has 0 radical (unpaired) electrons. The van der Waals surface area contributed by atoms with E-state index in [9.17, 15) is 0 Å². The molecular weight excluding hydrogens is 463 g/mol. The zero-order valence-corrected chi connectivity index (χ0v) is 17.9. The summed E-state index contributed by atoms with van der Waals surface area (Å²) >= 11 is 15.4. The van der Waals surface area contributed by atoms with Gasteiger partial charge in [0.15, 0.2) is 21.7 Å². The predicted molar refractivity (Wildman–Crippen MR) is 117 cm³/mol. The van der Waals surface area contributed by atoms with Gasteiger partial charge in [0, 0.05) is 11.1 Å². The standard InChI is InChI=1S/C18H8Cl2N8S2/c19-11-7-3-1-5-9(11)13-21-23-17-27(13)25-15(29-17)16-26-28-14(22-24-18(28)30-16)10-6-2-4-8-12(10)20/h1-8H. The summed E-state index contributed by atoms with van der Waals surface area (Å²) < 4.78 is 3.36. The second kappa shape index (κ2) is 6.81. The zero-order valence-electron chi connectivity index (χ0n) is 14.8. The van der Waals surface area contributed by atoms with Crippen LogP contribution in [0.25, 0.3) is 42.7 Å². The van der Waals surface area contributed by atoms with Crippen molar-refractivity contribution in [1.29, 1.82) is 0 Å². The van der Waals surface area contributed by atoms with Crippen LogP contribution in [0, 0.1) is 0 Å². The number of benzene rings is 2. The van der Waals surface area contributed by atoms with E-state index in [4.69, 9.17) is 23.2 Å². The van der Waals surface area contributed by atoms with Crippen LogP contribution in [0.4, 0.5) is 0 Å². The van der Waals surface area contributed by atoms with Crippen molar-refractivity contribution in [2.45, 2.75) is 0 Å². The first-order valence-electron chi connectivity index (χ1n) is 8.64. The van der Waals surface area contributed by atoms with Crippen LogP contribution in [0.15, 0.2) is 48.5 Å². The van der Waals surface area contributed by atoms with Crippen molar-refractivity contribution in [3.05, 3.63) is 58.6 Å². The van der Waals surface area contributed by atoms with Crippen molar-refractivity contribution in [1.82, 2.24) is 39.6 Å². The van der Waals surface area contributed by atoms with Crippen molar-refractivity contribution < 1.29 is 0 Å². The van der Waals surface area contributed by atoms with Crippen LogP contribution in [-0.4, -0.2) is 39.6 Å². The van der Waals surface area contributed by atoms with Gasteiger partial charge in [-0.15, -0.1) is 30.6 Å². The molecule has 0 bridgehead atoms. The largest absolute Gasteiger partial charge is 0.235 e. The van der Waals surface area contributed by atoms with Crippen LogP contribution >= 0.6 is 45.9 Å². The van der Waals surface area contributed by atoms with Gasteiger partial charge >= 0.3 is 0 Å². The Morgan fingerprint density at radius 1 is 0.600 bits per heavy atom. The minimum atomic E-state index is 0.581. The maximum Gasteiger partial charge on any atom is 0.235 e. The fraction of sp³-hybridized carbons (Fsp3) is 0. The monoisotopic (exact) mass is 470 g/mol. The molecule has 146 valence electrons. The highest BCUT2D eigenvalue weighted by Crippen LogP contribution is 2.34. The molecule has 0 amide bonds. The lowest BCUT2D eigenvalue weighted by atomic mass is 10.2. The molecule has 2 aromatic carbocycles. The van der Waals surface area contributed by atoms with Gasteiger partial charge in [0.25, 0.3) is 0 Å². The Kier molecular flexibility index (Phi) is 4.06. The fourth-order valence-corrected chi connectivity index (χ4v) is 5.16. The summed E-state index contributed by atoms with van der Waals surface area (Å²) in [5.74, 6) is 1.16. The molecule has 0 aliphatic heterocycles. The molecule has 6 rings (SSSR count). The minimum Gasteiger partial charge on any atom is -0.182 e. The van der Waals surface area contributed by atoms with Crippen molar-refractivity contribution in [2.24, 2.45) is 0 Å². The Balaban J connectivity index is 1.47. The van der Waals surface area contributed by atoms with Crippen molar-refractivity contribution in [2.75, 3.05) is 0 Å². The molecule has 0 atom stereocenters. The highest BCUT2D eigenvalue weighted by atomic mass is 35.5. The second-order valence-corrected chi connectivity index (χ2v) is 8.94. The van der Waals surface area contributed by atoms with E-state index in [2.05, 4.69) is 30.6 Å². The van der Waals surface area contributed by atoms with Crippen molar-refractivity contribution in [3.63, 3.8) is 0 Å². The lowest BCUT2D eigenvalue weighted by Crippen LogP contribution is -1.93. The molecule has 6 aromatic rings. The molecule has 4 heterocycles. The molecule has 8 nitrogen and oxygen atoms in total. The summed E-state index contributed by atoms with van der Waals surface area (Å²) in [6, 6.07) is 14.9.